The Kier molecular flexibility index (Phi) is 3.86. The van der Waals surface area contributed by atoms with Gasteiger partial charge in [-0.05, 0) is 29.1 Å². The molecule has 0 amide bonds. The Labute approximate surface area is 155 Å². The molecule has 0 saturated carbocycles. The van der Waals surface area contributed by atoms with Gasteiger partial charge >= 0.3 is 0 Å². The minimum absolute atomic E-state index is 0.0857. The molecule has 0 radical (unpaired) electrons. The van der Waals surface area contributed by atoms with Crippen molar-refractivity contribution in [3.8, 4) is 16.9 Å². The Morgan fingerprint density at radius 3 is 2.46 bits per heavy atom. The molecular formula is C21H21N2O2S+. The molecule has 0 atom stereocenters. The summed E-state index contributed by atoms with van der Waals surface area (Å²) in [5.41, 5.74) is 3.60. The predicted molar refractivity (Wildman–Crippen MR) is 109 cm³/mol. The van der Waals surface area contributed by atoms with Crippen LogP contribution in [0.2, 0.25) is 0 Å². The number of aromatic amines is 1. The van der Waals surface area contributed by atoms with Gasteiger partial charge in [-0.25, -0.2) is 0 Å². The number of aromatic nitrogens is 1. The minimum atomic E-state index is -0.0857. The van der Waals surface area contributed by atoms with Gasteiger partial charge in [-0.2, -0.15) is 0 Å². The van der Waals surface area contributed by atoms with Crippen LogP contribution in [0.15, 0.2) is 52.6 Å². The van der Waals surface area contributed by atoms with E-state index in [2.05, 4.69) is 38.3 Å². The number of benzene rings is 2. The van der Waals surface area contributed by atoms with Crippen LogP contribution in [-0.4, -0.2) is 35.7 Å². The number of quaternary nitrogens is 1. The van der Waals surface area contributed by atoms with E-state index < -0.39 is 0 Å². The van der Waals surface area contributed by atoms with E-state index in [0.29, 0.717) is 4.70 Å². The number of hydrogen-bond acceptors (Lipinski definition) is 3. The molecule has 0 fully saturated rings. The molecule has 0 aliphatic rings. The summed E-state index contributed by atoms with van der Waals surface area (Å²) in [6.07, 6.45) is 0. The summed E-state index contributed by atoms with van der Waals surface area (Å²) < 4.78 is 1.54. The van der Waals surface area contributed by atoms with E-state index in [1.807, 2.05) is 23.6 Å². The number of nitrogens with zero attached hydrogens (tertiary/aromatic N) is 1. The van der Waals surface area contributed by atoms with Gasteiger partial charge < -0.3 is 14.6 Å². The molecule has 26 heavy (non-hydrogen) atoms. The van der Waals surface area contributed by atoms with Crippen molar-refractivity contribution in [3.63, 3.8) is 0 Å². The molecule has 132 valence electrons. The van der Waals surface area contributed by atoms with Crippen LogP contribution in [0.4, 0.5) is 0 Å². The molecule has 5 heteroatoms. The SMILES string of the molecule is C[N+](C)(C)Cc1ccc(-c2c(O)ccc3[nH]c(=O)c4sccc4c23)cc1. The van der Waals surface area contributed by atoms with E-state index in [1.54, 1.807) is 12.1 Å². The lowest BCUT2D eigenvalue weighted by atomic mass is 9.96. The smallest absolute Gasteiger partial charge is 0.266 e. The first-order valence-electron chi connectivity index (χ1n) is 8.48. The van der Waals surface area contributed by atoms with Crippen molar-refractivity contribution in [1.29, 1.82) is 0 Å². The van der Waals surface area contributed by atoms with Crippen LogP contribution in [0.3, 0.4) is 0 Å². The van der Waals surface area contributed by atoms with Crippen LogP contribution in [0, 0.1) is 0 Å². The number of rotatable bonds is 3. The summed E-state index contributed by atoms with van der Waals surface area (Å²) in [4.78, 5) is 15.2. The second-order valence-corrected chi connectivity index (χ2v) is 8.56. The van der Waals surface area contributed by atoms with Crippen molar-refractivity contribution in [3.05, 3.63) is 63.8 Å². The quantitative estimate of drug-likeness (QED) is 0.531. The van der Waals surface area contributed by atoms with E-state index in [0.717, 1.165) is 38.4 Å². The molecule has 4 rings (SSSR count). The van der Waals surface area contributed by atoms with Gasteiger partial charge in [0, 0.05) is 27.4 Å². The third kappa shape index (κ3) is 2.89. The van der Waals surface area contributed by atoms with E-state index in [-0.39, 0.29) is 11.3 Å². The first-order valence-corrected chi connectivity index (χ1v) is 9.36. The van der Waals surface area contributed by atoms with Crippen LogP contribution in [0.5, 0.6) is 5.75 Å². The number of fused-ring (bicyclic) bond motifs is 3. The number of H-pyrrole nitrogens is 1. The summed E-state index contributed by atoms with van der Waals surface area (Å²) in [7, 11) is 6.48. The van der Waals surface area contributed by atoms with Gasteiger partial charge in [-0.1, -0.05) is 24.3 Å². The molecule has 0 saturated heterocycles. The van der Waals surface area contributed by atoms with Crippen molar-refractivity contribution in [2.75, 3.05) is 21.1 Å². The van der Waals surface area contributed by atoms with Gasteiger partial charge in [0.15, 0.2) is 0 Å². The van der Waals surface area contributed by atoms with Gasteiger partial charge in [0.1, 0.15) is 17.0 Å². The van der Waals surface area contributed by atoms with E-state index >= 15 is 0 Å². The Morgan fingerprint density at radius 2 is 1.77 bits per heavy atom. The minimum Gasteiger partial charge on any atom is -0.507 e. The number of phenols is 1. The number of thiophene rings is 1. The highest BCUT2D eigenvalue weighted by atomic mass is 32.1. The van der Waals surface area contributed by atoms with Crippen LogP contribution in [-0.2, 0) is 6.54 Å². The molecule has 4 aromatic rings. The average Bonchev–Trinajstić information content (AvgIpc) is 3.05. The van der Waals surface area contributed by atoms with Crippen molar-refractivity contribution in [1.82, 2.24) is 4.98 Å². The molecule has 0 unspecified atom stereocenters. The topological polar surface area (TPSA) is 53.1 Å². The van der Waals surface area contributed by atoms with Gasteiger partial charge in [0.05, 0.1) is 21.1 Å². The Balaban J connectivity index is 1.95. The van der Waals surface area contributed by atoms with Crippen molar-refractivity contribution < 1.29 is 9.59 Å². The first kappa shape index (κ1) is 16.8. The molecule has 2 N–H and O–H groups in total. The Bertz CT molecular complexity index is 1170. The normalized spacial score (nSPS) is 12.1. The second-order valence-electron chi connectivity index (χ2n) is 7.65. The zero-order valence-electron chi connectivity index (χ0n) is 15.0. The number of pyridine rings is 1. The molecule has 2 aromatic carbocycles. The third-order valence-electron chi connectivity index (χ3n) is 4.47. The molecule has 4 nitrogen and oxygen atoms in total. The lowest BCUT2D eigenvalue weighted by Crippen LogP contribution is -2.33. The van der Waals surface area contributed by atoms with Gasteiger partial charge in [0.2, 0.25) is 0 Å². The summed E-state index contributed by atoms with van der Waals surface area (Å²) in [6, 6.07) is 13.7. The van der Waals surface area contributed by atoms with E-state index in [9.17, 15) is 9.90 Å². The summed E-state index contributed by atoms with van der Waals surface area (Å²) >= 11 is 1.42. The lowest BCUT2D eigenvalue weighted by molar-refractivity contribution is -0.884. The molecule has 0 aliphatic carbocycles. The maximum atomic E-state index is 12.3. The van der Waals surface area contributed by atoms with E-state index in [4.69, 9.17) is 0 Å². The van der Waals surface area contributed by atoms with Crippen LogP contribution >= 0.6 is 11.3 Å². The number of aromatic hydroxyl groups is 1. The standard InChI is InChI=1S/C21H20N2O2S/c1-23(2,3)12-13-4-6-14(7-5-13)18-17(24)9-8-16-19(18)15-10-11-26-20(15)21(25)22-16/h4-11H,12H2,1-3H3,(H-,22,24,25)/p+1. The van der Waals surface area contributed by atoms with Crippen molar-refractivity contribution >= 4 is 32.3 Å². The number of hydrogen-bond donors (Lipinski definition) is 2. The van der Waals surface area contributed by atoms with Gasteiger partial charge in [-0.15, -0.1) is 11.3 Å². The van der Waals surface area contributed by atoms with Gasteiger partial charge in [0.25, 0.3) is 5.56 Å². The Morgan fingerprint density at radius 1 is 1.04 bits per heavy atom. The molecule has 2 aromatic heterocycles. The molecule has 0 spiro atoms. The second kappa shape index (κ2) is 5.97. The predicted octanol–water partition coefficient (Wildman–Crippen LogP) is 4.32. The largest absolute Gasteiger partial charge is 0.507 e. The molecular weight excluding hydrogens is 344 g/mol. The summed E-state index contributed by atoms with van der Waals surface area (Å²) in [5.74, 6) is 0.219. The zero-order chi connectivity index (χ0) is 18.5. The Hall–Kier alpha value is -2.63. The zero-order valence-corrected chi connectivity index (χ0v) is 15.9. The third-order valence-corrected chi connectivity index (χ3v) is 5.39. The number of phenolic OH excluding ortho intramolecular Hbond substituents is 1. The van der Waals surface area contributed by atoms with Gasteiger partial charge in [-0.3, -0.25) is 4.79 Å². The monoisotopic (exact) mass is 365 g/mol. The lowest BCUT2D eigenvalue weighted by Gasteiger charge is -2.24. The first-order chi connectivity index (χ1) is 12.3. The maximum absolute atomic E-state index is 12.3. The highest BCUT2D eigenvalue weighted by molar-refractivity contribution is 7.17. The van der Waals surface area contributed by atoms with Crippen LogP contribution in [0.1, 0.15) is 5.56 Å². The fourth-order valence-corrected chi connectivity index (χ4v) is 4.25. The van der Waals surface area contributed by atoms with Crippen molar-refractivity contribution in [2.45, 2.75) is 6.54 Å². The molecule has 0 aliphatic heterocycles. The fourth-order valence-electron chi connectivity index (χ4n) is 3.45. The molecule has 0 bridgehead atoms. The highest BCUT2D eigenvalue weighted by Gasteiger charge is 2.16. The molecule has 2 heterocycles. The maximum Gasteiger partial charge on any atom is 0.266 e. The van der Waals surface area contributed by atoms with Crippen LogP contribution < -0.4 is 5.56 Å². The van der Waals surface area contributed by atoms with Crippen LogP contribution in [0.25, 0.3) is 32.1 Å². The average molecular weight is 365 g/mol. The summed E-state index contributed by atoms with van der Waals surface area (Å²) in [6.45, 7) is 0.934. The van der Waals surface area contributed by atoms with Crippen molar-refractivity contribution in [2.24, 2.45) is 0 Å². The summed E-state index contributed by atoms with van der Waals surface area (Å²) in [5, 5.41) is 14.3. The number of nitrogens with one attached hydrogen (secondary N) is 1. The highest BCUT2D eigenvalue weighted by Crippen LogP contribution is 2.39. The van der Waals surface area contributed by atoms with E-state index in [1.165, 1.54) is 16.9 Å². The fraction of sp³-hybridized carbons (Fsp3) is 0.190.